The van der Waals surface area contributed by atoms with Gasteiger partial charge in [-0.15, -0.1) is 0 Å². The molecule has 0 saturated heterocycles. The van der Waals surface area contributed by atoms with E-state index in [2.05, 4.69) is 21.2 Å². The molecule has 5 aromatic rings. The number of nitrogens with zero attached hydrogens (tertiary/aromatic N) is 1. The van der Waals surface area contributed by atoms with Crippen LogP contribution in [0.4, 0.5) is 5.00 Å². The number of benzene rings is 4. The van der Waals surface area contributed by atoms with Crippen LogP contribution in [0.2, 0.25) is 0 Å². The summed E-state index contributed by atoms with van der Waals surface area (Å²) in [5, 5.41) is 4.57. The average Bonchev–Trinajstić information content (AvgIpc) is 3.34. The van der Waals surface area contributed by atoms with E-state index in [1.165, 1.54) is 11.3 Å². The number of thiazole rings is 1. The Morgan fingerprint density at radius 3 is 1.97 bits per heavy atom. The lowest BCUT2D eigenvalue weighted by Gasteiger charge is -2.07. The zero-order chi connectivity index (χ0) is 25.8. The number of ether oxygens (including phenoxy) is 2. The van der Waals surface area contributed by atoms with Crippen LogP contribution in [0.25, 0.3) is 21.8 Å². The molecular formula is C30H23BrN2O3S. The molecule has 5 rings (SSSR count). The number of rotatable bonds is 7. The summed E-state index contributed by atoms with van der Waals surface area (Å²) in [7, 11) is 1.63. The van der Waals surface area contributed by atoms with E-state index in [0.29, 0.717) is 16.3 Å². The quantitative estimate of drug-likeness (QED) is 0.213. The third-order valence-corrected chi connectivity index (χ3v) is 7.23. The summed E-state index contributed by atoms with van der Waals surface area (Å²) in [6, 6.07) is 30.6. The smallest absolute Gasteiger partial charge is 0.256 e. The van der Waals surface area contributed by atoms with Crippen molar-refractivity contribution in [3.63, 3.8) is 0 Å². The van der Waals surface area contributed by atoms with E-state index in [1.807, 2.05) is 91.9 Å². The topological polar surface area (TPSA) is 60.5 Å². The van der Waals surface area contributed by atoms with E-state index in [1.54, 1.807) is 19.2 Å². The second-order valence-electron chi connectivity index (χ2n) is 8.33. The zero-order valence-corrected chi connectivity index (χ0v) is 22.6. The highest BCUT2D eigenvalue weighted by molar-refractivity contribution is 9.10. The van der Waals surface area contributed by atoms with Gasteiger partial charge in [-0.2, -0.15) is 0 Å². The summed E-state index contributed by atoms with van der Waals surface area (Å²) >= 11 is 4.86. The van der Waals surface area contributed by atoms with Gasteiger partial charge in [0.25, 0.3) is 5.91 Å². The number of carbonyl (C=O) groups is 1. The van der Waals surface area contributed by atoms with Crippen molar-refractivity contribution in [2.45, 2.75) is 6.92 Å². The van der Waals surface area contributed by atoms with E-state index < -0.39 is 0 Å². The van der Waals surface area contributed by atoms with E-state index >= 15 is 0 Å². The molecule has 0 aliphatic carbocycles. The number of hydrogen-bond donors (Lipinski definition) is 1. The molecule has 1 N–H and O–H groups in total. The summed E-state index contributed by atoms with van der Waals surface area (Å²) in [5.74, 6) is 2.04. The first-order valence-corrected chi connectivity index (χ1v) is 13.2. The van der Waals surface area contributed by atoms with Gasteiger partial charge in [-0.25, -0.2) is 4.98 Å². The molecule has 0 saturated carbocycles. The van der Waals surface area contributed by atoms with Crippen molar-refractivity contribution in [3.8, 4) is 39.1 Å². The van der Waals surface area contributed by atoms with Crippen LogP contribution in [0.5, 0.6) is 17.2 Å². The largest absolute Gasteiger partial charge is 0.497 e. The number of amides is 1. The molecule has 0 bridgehead atoms. The Labute approximate surface area is 227 Å². The molecule has 7 heteroatoms. The number of anilines is 1. The van der Waals surface area contributed by atoms with Gasteiger partial charge >= 0.3 is 0 Å². The van der Waals surface area contributed by atoms with Crippen molar-refractivity contribution in [2.24, 2.45) is 0 Å². The fourth-order valence-electron chi connectivity index (χ4n) is 3.66. The van der Waals surface area contributed by atoms with Crippen LogP contribution in [-0.2, 0) is 0 Å². The molecule has 1 amide bonds. The number of aromatic nitrogens is 1. The predicted octanol–water partition coefficient (Wildman–Crippen LogP) is 8.60. The van der Waals surface area contributed by atoms with E-state index in [0.717, 1.165) is 43.4 Å². The van der Waals surface area contributed by atoms with Crippen LogP contribution in [0.1, 0.15) is 15.9 Å². The minimum Gasteiger partial charge on any atom is -0.497 e. The number of methoxy groups -OCH3 is 1. The average molecular weight is 571 g/mol. The normalized spacial score (nSPS) is 10.7. The Morgan fingerprint density at radius 1 is 0.784 bits per heavy atom. The van der Waals surface area contributed by atoms with Gasteiger partial charge < -0.3 is 14.8 Å². The maximum Gasteiger partial charge on any atom is 0.256 e. The summed E-state index contributed by atoms with van der Waals surface area (Å²) in [5.41, 5.74) is 4.35. The van der Waals surface area contributed by atoms with Crippen LogP contribution in [0, 0.1) is 6.92 Å². The van der Waals surface area contributed by atoms with Gasteiger partial charge in [0.15, 0.2) is 0 Å². The minimum absolute atomic E-state index is 0.181. The molecule has 5 nitrogen and oxygen atoms in total. The molecule has 1 heterocycles. The fraction of sp³-hybridized carbons (Fsp3) is 0.0667. The molecular weight excluding hydrogens is 548 g/mol. The molecule has 0 fully saturated rings. The first kappa shape index (κ1) is 24.7. The minimum atomic E-state index is -0.181. The number of aryl methyl sites for hydroxylation is 1. The standard InChI is InChI=1S/C30H23BrN2O3S/c1-19-3-5-20(6-4-19)27-30(33-28(34)21-7-11-23(31)12-8-21)37-29(32-27)22-9-13-25(14-10-22)36-26-17-15-24(35-2)16-18-26/h3-18H,1-2H3,(H,33,34). The Hall–Kier alpha value is -3.94. The number of hydrogen-bond acceptors (Lipinski definition) is 5. The first-order valence-electron chi connectivity index (χ1n) is 11.6. The molecule has 0 aliphatic heterocycles. The second kappa shape index (κ2) is 11.0. The summed E-state index contributed by atoms with van der Waals surface area (Å²) in [6.07, 6.45) is 0. The van der Waals surface area contributed by atoms with E-state index in [9.17, 15) is 4.79 Å². The number of carbonyl (C=O) groups excluding carboxylic acids is 1. The molecule has 1 aromatic heterocycles. The Kier molecular flexibility index (Phi) is 7.35. The molecule has 0 aliphatic rings. The second-order valence-corrected chi connectivity index (χ2v) is 10.2. The van der Waals surface area contributed by atoms with Gasteiger partial charge in [0.05, 0.1) is 7.11 Å². The van der Waals surface area contributed by atoms with Gasteiger partial charge in [-0.05, 0) is 79.7 Å². The molecule has 0 radical (unpaired) electrons. The zero-order valence-electron chi connectivity index (χ0n) is 20.2. The van der Waals surface area contributed by atoms with Crippen molar-refractivity contribution in [2.75, 3.05) is 12.4 Å². The molecule has 0 atom stereocenters. The number of nitrogens with one attached hydrogen (secondary N) is 1. The van der Waals surface area contributed by atoms with Crippen molar-refractivity contribution in [3.05, 3.63) is 113 Å². The Bertz CT molecular complexity index is 1510. The lowest BCUT2D eigenvalue weighted by molar-refractivity contribution is 0.102. The third-order valence-electron chi connectivity index (χ3n) is 5.68. The van der Waals surface area contributed by atoms with Crippen LogP contribution in [0.3, 0.4) is 0 Å². The highest BCUT2D eigenvalue weighted by atomic mass is 79.9. The molecule has 4 aromatic carbocycles. The number of halogens is 1. The lowest BCUT2D eigenvalue weighted by Crippen LogP contribution is -2.11. The monoisotopic (exact) mass is 570 g/mol. The van der Waals surface area contributed by atoms with Crippen molar-refractivity contribution < 1.29 is 14.3 Å². The first-order chi connectivity index (χ1) is 18.0. The van der Waals surface area contributed by atoms with E-state index in [4.69, 9.17) is 14.5 Å². The molecule has 0 spiro atoms. The van der Waals surface area contributed by atoms with Crippen molar-refractivity contribution in [1.82, 2.24) is 4.98 Å². The Balaban J connectivity index is 1.42. The SMILES string of the molecule is COc1ccc(Oc2ccc(-c3nc(-c4ccc(C)cc4)c(NC(=O)c4ccc(Br)cc4)s3)cc2)cc1. The van der Waals surface area contributed by atoms with Crippen LogP contribution in [0.15, 0.2) is 102 Å². The third kappa shape index (κ3) is 5.90. The highest BCUT2D eigenvalue weighted by Crippen LogP contribution is 2.39. The predicted molar refractivity (Wildman–Crippen MR) is 153 cm³/mol. The molecule has 184 valence electrons. The van der Waals surface area contributed by atoms with Crippen LogP contribution < -0.4 is 14.8 Å². The lowest BCUT2D eigenvalue weighted by atomic mass is 10.1. The van der Waals surface area contributed by atoms with Crippen LogP contribution in [-0.4, -0.2) is 18.0 Å². The summed E-state index contributed by atoms with van der Waals surface area (Å²) in [4.78, 5) is 17.9. The van der Waals surface area contributed by atoms with Gasteiger partial charge in [-0.1, -0.05) is 57.1 Å². The van der Waals surface area contributed by atoms with Gasteiger partial charge in [0.1, 0.15) is 33.0 Å². The Morgan fingerprint density at radius 2 is 1.35 bits per heavy atom. The van der Waals surface area contributed by atoms with Crippen LogP contribution >= 0.6 is 27.3 Å². The molecule has 0 unspecified atom stereocenters. The maximum atomic E-state index is 13.0. The van der Waals surface area contributed by atoms with Crippen molar-refractivity contribution in [1.29, 1.82) is 0 Å². The molecule has 37 heavy (non-hydrogen) atoms. The van der Waals surface area contributed by atoms with Gasteiger partial charge in [0.2, 0.25) is 0 Å². The van der Waals surface area contributed by atoms with Gasteiger partial charge in [0, 0.05) is 21.2 Å². The maximum absolute atomic E-state index is 13.0. The van der Waals surface area contributed by atoms with Gasteiger partial charge in [-0.3, -0.25) is 4.79 Å². The summed E-state index contributed by atoms with van der Waals surface area (Å²) < 4.78 is 12.1. The van der Waals surface area contributed by atoms with Crippen molar-refractivity contribution >= 4 is 38.2 Å². The highest BCUT2D eigenvalue weighted by Gasteiger charge is 2.18. The van der Waals surface area contributed by atoms with E-state index in [-0.39, 0.29) is 5.91 Å². The fourth-order valence-corrected chi connectivity index (χ4v) is 4.91. The summed E-state index contributed by atoms with van der Waals surface area (Å²) in [6.45, 7) is 2.04.